The largest absolute Gasteiger partial charge is 0.377 e. The molecule has 0 unspecified atom stereocenters. The molecule has 25 heavy (non-hydrogen) atoms. The lowest BCUT2D eigenvalue weighted by Crippen LogP contribution is -2.36. The fourth-order valence-corrected chi connectivity index (χ4v) is 3.05. The van der Waals surface area contributed by atoms with E-state index in [4.69, 9.17) is 4.74 Å². The zero-order valence-corrected chi connectivity index (χ0v) is 18.3. The van der Waals surface area contributed by atoms with E-state index in [1.165, 1.54) is 20.9 Å². The van der Waals surface area contributed by atoms with E-state index in [0.717, 1.165) is 25.7 Å². The minimum absolute atomic E-state index is 0. The van der Waals surface area contributed by atoms with Gasteiger partial charge in [-0.2, -0.15) is 0 Å². The summed E-state index contributed by atoms with van der Waals surface area (Å²) < 4.78 is 5.42. The third kappa shape index (κ3) is 8.20. The molecule has 0 aliphatic rings. The lowest BCUT2D eigenvalue weighted by Gasteiger charge is -2.10. The average Bonchev–Trinajstić information content (AvgIpc) is 3.02. The van der Waals surface area contributed by atoms with Crippen molar-refractivity contribution in [2.24, 2.45) is 4.99 Å². The van der Waals surface area contributed by atoms with E-state index in [9.17, 15) is 0 Å². The van der Waals surface area contributed by atoms with E-state index in [1.54, 1.807) is 0 Å². The first-order chi connectivity index (χ1) is 11.7. The van der Waals surface area contributed by atoms with Crippen LogP contribution in [0.15, 0.2) is 41.4 Å². The Hall–Kier alpha value is -1.12. The van der Waals surface area contributed by atoms with Gasteiger partial charge in [0, 0.05) is 22.9 Å². The van der Waals surface area contributed by atoms with Crippen LogP contribution in [0.5, 0.6) is 0 Å². The highest BCUT2D eigenvalue weighted by molar-refractivity contribution is 14.0. The van der Waals surface area contributed by atoms with Gasteiger partial charge in [-0.1, -0.05) is 24.3 Å². The molecule has 138 valence electrons. The topological polar surface area (TPSA) is 45.7 Å². The number of nitrogens with one attached hydrogen (secondary N) is 2. The van der Waals surface area contributed by atoms with Gasteiger partial charge >= 0.3 is 0 Å². The lowest BCUT2D eigenvalue weighted by molar-refractivity contribution is 0.134. The van der Waals surface area contributed by atoms with E-state index < -0.39 is 0 Å². The number of nitrogens with zero attached hydrogens (tertiary/aromatic N) is 1. The van der Waals surface area contributed by atoms with Crippen molar-refractivity contribution in [3.05, 3.63) is 57.3 Å². The molecule has 2 aromatic rings. The second-order valence-corrected chi connectivity index (χ2v) is 6.89. The van der Waals surface area contributed by atoms with E-state index in [1.807, 2.05) is 18.3 Å². The van der Waals surface area contributed by atoms with Gasteiger partial charge in [0.2, 0.25) is 0 Å². The fraction of sp³-hybridized carbons (Fsp3) is 0.421. The van der Waals surface area contributed by atoms with Crippen LogP contribution >= 0.6 is 35.3 Å². The number of guanidine groups is 1. The summed E-state index contributed by atoms with van der Waals surface area (Å²) in [7, 11) is 0. The predicted octanol–water partition coefficient (Wildman–Crippen LogP) is 4.47. The molecule has 0 spiro atoms. The first-order valence-corrected chi connectivity index (χ1v) is 9.26. The molecule has 1 aromatic heterocycles. The van der Waals surface area contributed by atoms with E-state index in [2.05, 4.69) is 65.9 Å². The number of hydrogen-bond donors (Lipinski definition) is 2. The summed E-state index contributed by atoms with van der Waals surface area (Å²) in [6.45, 7) is 9.94. The molecule has 2 N–H and O–H groups in total. The summed E-state index contributed by atoms with van der Waals surface area (Å²) in [5, 5.41) is 6.68. The number of rotatable bonds is 8. The van der Waals surface area contributed by atoms with E-state index in [0.29, 0.717) is 13.2 Å². The van der Waals surface area contributed by atoms with Crippen molar-refractivity contribution in [3.63, 3.8) is 0 Å². The van der Waals surface area contributed by atoms with Crippen molar-refractivity contribution in [1.82, 2.24) is 10.6 Å². The van der Waals surface area contributed by atoms with Crippen LogP contribution in [0.4, 0.5) is 0 Å². The highest BCUT2D eigenvalue weighted by Gasteiger charge is 2.01. The highest BCUT2D eigenvalue weighted by Crippen LogP contribution is 2.14. The predicted molar refractivity (Wildman–Crippen MR) is 118 cm³/mol. The maximum Gasteiger partial charge on any atom is 0.191 e. The first-order valence-electron chi connectivity index (χ1n) is 8.44. The lowest BCUT2D eigenvalue weighted by atomic mass is 10.1. The molecular weight excluding hydrogens is 445 g/mol. The van der Waals surface area contributed by atoms with Gasteiger partial charge in [-0.15, -0.1) is 35.3 Å². The molecule has 0 bridgehead atoms. The van der Waals surface area contributed by atoms with Gasteiger partial charge in [0.15, 0.2) is 5.96 Å². The first kappa shape index (κ1) is 21.9. The zero-order valence-electron chi connectivity index (χ0n) is 15.2. The summed E-state index contributed by atoms with van der Waals surface area (Å²) in [5.41, 5.74) is 2.39. The monoisotopic (exact) mass is 473 g/mol. The molecule has 0 radical (unpaired) electrons. The van der Waals surface area contributed by atoms with Crippen LogP contribution in [0.25, 0.3) is 0 Å². The summed E-state index contributed by atoms with van der Waals surface area (Å²) in [6, 6.07) is 12.8. The number of aliphatic imine (C=N–C) groups is 1. The number of benzene rings is 1. The third-order valence-electron chi connectivity index (χ3n) is 3.49. The number of hydrogen-bond acceptors (Lipinski definition) is 3. The molecular formula is C19H28IN3OS. The molecule has 1 aromatic carbocycles. The van der Waals surface area contributed by atoms with Crippen molar-refractivity contribution >= 4 is 41.3 Å². The van der Waals surface area contributed by atoms with Crippen molar-refractivity contribution in [3.8, 4) is 0 Å². The Labute approximate surface area is 172 Å². The highest BCUT2D eigenvalue weighted by atomic mass is 127. The summed E-state index contributed by atoms with van der Waals surface area (Å²) >= 11 is 1.81. The molecule has 0 atom stereocenters. The Kier molecular flexibility index (Phi) is 10.8. The van der Waals surface area contributed by atoms with Gasteiger partial charge in [-0.05, 0) is 44.0 Å². The molecule has 2 rings (SSSR count). The SMILES string of the molecule is CCNC(=NCc1ccc(COCC)cc1)NCc1ccc(C)s1.I. The zero-order chi connectivity index (χ0) is 17.2. The Morgan fingerprint density at radius 2 is 1.76 bits per heavy atom. The van der Waals surface area contributed by atoms with Crippen LogP contribution < -0.4 is 10.6 Å². The standard InChI is InChI=1S/C19H27N3OS.HI/c1-4-20-19(22-13-18-11-6-15(3)24-18)21-12-16-7-9-17(10-8-16)14-23-5-2;/h6-11H,4-5,12-14H2,1-3H3,(H2,20,21,22);1H. The van der Waals surface area contributed by atoms with Crippen molar-refractivity contribution in [2.75, 3.05) is 13.2 Å². The Morgan fingerprint density at radius 1 is 1.04 bits per heavy atom. The summed E-state index contributed by atoms with van der Waals surface area (Å²) in [6.07, 6.45) is 0. The summed E-state index contributed by atoms with van der Waals surface area (Å²) in [4.78, 5) is 7.32. The molecule has 4 nitrogen and oxygen atoms in total. The van der Waals surface area contributed by atoms with Crippen molar-refractivity contribution in [2.45, 2.75) is 40.5 Å². The smallest absolute Gasteiger partial charge is 0.191 e. The van der Waals surface area contributed by atoms with Crippen LogP contribution in [0.2, 0.25) is 0 Å². The van der Waals surface area contributed by atoms with Gasteiger partial charge in [-0.3, -0.25) is 0 Å². The van der Waals surface area contributed by atoms with E-state index >= 15 is 0 Å². The second kappa shape index (κ2) is 12.3. The molecule has 6 heteroatoms. The molecule has 0 aliphatic heterocycles. The van der Waals surface area contributed by atoms with Crippen LogP contribution in [0.3, 0.4) is 0 Å². The van der Waals surface area contributed by atoms with Crippen LogP contribution in [0, 0.1) is 6.92 Å². The second-order valence-electron chi connectivity index (χ2n) is 5.51. The molecule has 0 amide bonds. The number of ether oxygens (including phenoxy) is 1. The molecule has 0 fully saturated rings. The quantitative estimate of drug-likeness (QED) is 0.338. The number of aryl methyl sites for hydroxylation is 1. The van der Waals surface area contributed by atoms with Crippen molar-refractivity contribution in [1.29, 1.82) is 0 Å². The maximum atomic E-state index is 5.42. The Morgan fingerprint density at radius 3 is 2.36 bits per heavy atom. The maximum absolute atomic E-state index is 5.42. The molecule has 0 saturated carbocycles. The van der Waals surface area contributed by atoms with Gasteiger partial charge < -0.3 is 15.4 Å². The van der Waals surface area contributed by atoms with E-state index in [-0.39, 0.29) is 24.0 Å². The van der Waals surface area contributed by atoms with Gasteiger partial charge in [0.1, 0.15) is 0 Å². The minimum atomic E-state index is 0. The fourth-order valence-electron chi connectivity index (χ4n) is 2.22. The molecule has 1 heterocycles. The number of thiophene rings is 1. The average molecular weight is 473 g/mol. The normalized spacial score (nSPS) is 11.1. The van der Waals surface area contributed by atoms with Gasteiger partial charge in [-0.25, -0.2) is 4.99 Å². The van der Waals surface area contributed by atoms with Crippen LogP contribution in [-0.4, -0.2) is 19.1 Å². The number of halogens is 1. The van der Waals surface area contributed by atoms with Crippen LogP contribution in [-0.2, 0) is 24.4 Å². The molecule has 0 aliphatic carbocycles. The molecule has 0 saturated heterocycles. The van der Waals surface area contributed by atoms with Crippen molar-refractivity contribution < 1.29 is 4.74 Å². The summed E-state index contributed by atoms with van der Waals surface area (Å²) in [5.74, 6) is 0.849. The Bertz CT molecular complexity index is 640. The van der Waals surface area contributed by atoms with Gasteiger partial charge in [0.25, 0.3) is 0 Å². The van der Waals surface area contributed by atoms with Crippen LogP contribution in [0.1, 0.15) is 34.7 Å². The van der Waals surface area contributed by atoms with Gasteiger partial charge in [0.05, 0.1) is 19.7 Å². The Balaban J connectivity index is 0.00000312. The third-order valence-corrected chi connectivity index (χ3v) is 4.49. The minimum Gasteiger partial charge on any atom is -0.377 e.